The minimum Gasteiger partial charge on any atom is -0.428 e. The van der Waals surface area contributed by atoms with Gasteiger partial charge < -0.3 is 4.74 Å². The van der Waals surface area contributed by atoms with Crippen molar-refractivity contribution in [2.45, 2.75) is 48.0 Å². The second-order valence-corrected chi connectivity index (χ2v) is 9.33. The number of benzene rings is 1. The normalized spacial score (nSPS) is 19.3. The van der Waals surface area contributed by atoms with E-state index in [0.717, 1.165) is 23.4 Å². The van der Waals surface area contributed by atoms with E-state index < -0.39 is 16.8 Å². The van der Waals surface area contributed by atoms with Crippen molar-refractivity contribution in [3.63, 3.8) is 0 Å². The van der Waals surface area contributed by atoms with Gasteiger partial charge in [0.15, 0.2) is 0 Å². The maximum absolute atomic E-state index is 12.9. The van der Waals surface area contributed by atoms with Crippen LogP contribution in [0, 0.1) is 22.2 Å². The first-order valence-electron chi connectivity index (χ1n) is 10.7. The highest BCUT2D eigenvalue weighted by Gasteiger charge is 2.44. The molecule has 1 aliphatic rings. The van der Waals surface area contributed by atoms with Gasteiger partial charge in [0.1, 0.15) is 23.1 Å². The fourth-order valence-electron chi connectivity index (χ4n) is 3.52. The summed E-state index contributed by atoms with van der Waals surface area (Å²) in [4.78, 5) is 14.3. The quantitative estimate of drug-likeness (QED) is 0.401. The van der Waals surface area contributed by atoms with Crippen LogP contribution in [-0.4, -0.2) is 45.3 Å². The molecule has 8 nitrogen and oxygen atoms in total. The highest BCUT2D eigenvalue weighted by Crippen LogP contribution is 2.40. The van der Waals surface area contributed by atoms with Crippen molar-refractivity contribution in [1.29, 1.82) is 5.26 Å². The Hall–Kier alpha value is -3.47. The zero-order chi connectivity index (χ0) is 23.7. The van der Waals surface area contributed by atoms with Gasteiger partial charge in [-0.25, -0.2) is 0 Å². The predicted octanol–water partition coefficient (Wildman–Crippen LogP) is 3.98. The third-order valence-electron chi connectivity index (χ3n) is 5.61. The number of allylic oxidation sites excluding steroid dienone is 1. The molecular weight excluding hydrogens is 404 g/mol. The lowest BCUT2D eigenvalue weighted by Gasteiger charge is -2.29. The number of hydrogen-bond donors (Lipinski definition) is 0. The van der Waals surface area contributed by atoms with Gasteiger partial charge in [-0.3, -0.25) is 9.80 Å². The summed E-state index contributed by atoms with van der Waals surface area (Å²) in [5.74, 6) is -0.174. The average molecular weight is 435 g/mol. The van der Waals surface area contributed by atoms with Crippen LogP contribution >= 0.6 is 0 Å². The second kappa shape index (κ2) is 8.58. The summed E-state index contributed by atoms with van der Waals surface area (Å²) in [6, 6.07) is 10.1. The molecule has 0 amide bonds. The molecule has 1 unspecified atom stereocenters. The molecule has 0 radical (unpaired) electrons. The predicted molar refractivity (Wildman–Crippen MR) is 123 cm³/mol. The van der Waals surface area contributed by atoms with Crippen molar-refractivity contribution in [3.8, 4) is 11.8 Å². The molecule has 0 spiro atoms. The lowest BCUT2D eigenvalue weighted by Crippen LogP contribution is -2.36. The summed E-state index contributed by atoms with van der Waals surface area (Å²) in [5, 5.41) is 25.3. The van der Waals surface area contributed by atoms with E-state index in [2.05, 4.69) is 28.3 Å². The van der Waals surface area contributed by atoms with E-state index >= 15 is 0 Å². The number of carbonyl (C=O) groups is 1. The van der Waals surface area contributed by atoms with Crippen LogP contribution in [0.25, 0.3) is 11.3 Å². The van der Waals surface area contributed by atoms with E-state index in [4.69, 9.17) is 4.74 Å². The molecule has 2 aromatic rings. The van der Waals surface area contributed by atoms with Gasteiger partial charge >= 0.3 is 5.97 Å². The Morgan fingerprint density at radius 2 is 2.06 bits per heavy atom. The van der Waals surface area contributed by atoms with Crippen LogP contribution in [0.4, 0.5) is 0 Å². The number of carbonyl (C=O) groups excluding carboxylic acids is 1. The number of ether oxygens (including phenoxy) is 1. The van der Waals surface area contributed by atoms with Gasteiger partial charge in [0, 0.05) is 7.05 Å². The molecule has 1 aromatic carbocycles. The van der Waals surface area contributed by atoms with Gasteiger partial charge in [-0.1, -0.05) is 19.1 Å². The summed E-state index contributed by atoms with van der Waals surface area (Å²) in [5.41, 5.74) is 1.73. The van der Waals surface area contributed by atoms with Crippen LogP contribution in [0.5, 0.6) is 0 Å². The Morgan fingerprint density at radius 3 is 2.62 bits per heavy atom. The average Bonchev–Trinajstić information content (AvgIpc) is 3.32. The van der Waals surface area contributed by atoms with Crippen LogP contribution in [-0.2, 0) is 16.0 Å². The SMILES string of the molecule is CCc1cccc(-n2ncc(/C(C#N)=C(\OC(=O)C(C)(C)C)C3(C)CN(C)N=C3C)n2)c1. The lowest BCUT2D eigenvalue weighted by atomic mass is 9.81. The monoisotopic (exact) mass is 434 g/mol. The minimum atomic E-state index is -0.757. The first-order valence-corrected chi connectivity index (χ1v) is 10.7. The van der Waals surface area contributed by atoms with Crippen LogP contribution in [0.15, 0.2) is 41.3 Å². The molecule has 0 saturated carbocycles. The number of rotatable bonds is 5. The molecule has 8 heteroatoms. The summed E-state index contributed by atoms with van der Waals surface area (Å²) in [6.45, 7) is 11.7. The fourth-order valence-corrected chi connectivity index (χ4v) is 3.52. The van der Waals surface area contributed by atoms with Crippen LogP contribution in [0.3, 0.4) is 0 Å². The summed E-state index contributed by atoms with van der Waals surface area (Å²) < 4.78 is 5.91. The molecule has 1 atom stereocenters. The fraction of sp³-hybridized carbons (Fsp3) is 0.458. The number of nitriles is 1. The maximum Gasteiger partial charge on any atom is 0.316 e. The van der Waals surface area contributed by atoms with Crippen molar-refractivity contribution in [2.24, 2.45) is 15.9 Å². The van der Waals surface area contributed by atoms with Gasteiger partial charge in [0.25, 0.3) is 0 Å². The molecule has 0 aliphatic carbocycles. The molecule has 0 saturated heterocycles. The van der Waals surface area contributed by atoms with Crippen LogP contribution < -0.4 is 0 Å². The zero-order valence-electron chi connectivity index (χ0n) is 19.8. The molecule has 3 rings (SSSR count). The number of esters is 1. The Labute approximate surface area is 189 Å². The highest BCUT2D eigenvalue weighted by atomic mass is 16.5. The molecule has 0 N–H and O–H groups in total. The standard InChI is InChI=1S/C24H30N6O2/c1-8-17-10-9-11-18(12-17)30-26-14-20(28-30)19(13-25)21(32-22(31)23(3,4)5)24(6)15-29(7)27-16(24)2/h9-12,14H,8,15H2,1-7H3/b21-19-. The molecule has 1 aromatic heterocycles. The molecule has 2 heterocycles. The number of aromatic nitrogens is 3. The van der Waals surface area contributed by atoms with E-state index in [1.807, 2.05) is 45.2 Å². The van der Waals surface area contributed by atoms with Crippen LogP contribution in [0.2, 0.25) is 0 Å². The second-order valence-electron chi connectivity index (χ2n) is 9.33. The third kappa shape index (κ3) is 4.42. The smallest absolute Gasteiger partial charge is 0.316 e. The number of hydrogen-bond acceptors (Lipinski definition) is 7. The summed E-state index contributed by atoms with van der Waals surface area (Å²) in [6.07, 6.45) is 2.42. The van der Waals surface area contributed by atoms with Crippen molar-refractivity contribution in [2.75, 3.05) is 13.6 Å². The lowest BCUT2D eigenvalue weighted by molar-refractivity contribution is -0.149. The number of nitrogens with zero attached hydrogens (tertiary/aromatic N) is 6. The van der Waals surface area contributed by atoms with Gasteiger partial charge in [-0.05, 0) is 58.7 Å². The molecule has 0 bridgehead atoms. The largest absolute Gasteiger partial charge is 0.428 e. The van der Waals surface area contributed by atoms with Crippen molar-refractivity contribution >= 4 is 17.3 Å². The Balaban J connectivity index is 2.14. The number of hydrazone groups is 1. The van der Waals surface area contributed by atoms with E-state index in [0.29, 0.717) is 12.2 Å². The Morgan fingerprint density at radius 1 is 1.34 bits per heavy atom. The topological polar surface area (TPSA) is 96.4 Å². The maximum atomic E-state index is 12.9. The molecule has 1 aliphatic heterocycles. The van der Waals surface area contributed by atoms with Crippen molar-refractivity contribution in [1.82, 2.24) is 20.0 Å². The number of aryl methyl sites for hydroxylation is 1. The molecular formula is C24H30N6O2. The van der Waals surface area contributed by atoms with Crippen molar-refractivity contribution < 1.29 is 9.53 Å². The van der Waals surface area contributed by atoms with E-state index in [1.54, 1.807) is 25.8 Å². The molecule has 32 heavy (non-hydrogen) atoms. The van der Waals surface area contributed by atoms with Crippen molar-refractivity contribution in [3.05, 3.63) is 47.5 Å². The van der Waals surface area contributed by atoms with Gasteiger partial charge in [0.05, 0.1) is 35.0 Å². The third-order valence-corrected chi connectivity index (χ3v) is 5.61. The Kier molecular flexibility index (Phi) is 6.22. The highest BCUT2D eigenvalue weighted by molar-refractivity contribution is 5.96. The zero-order valence-corrected chi connectivity index (χ0v) is 19.8. The molecule has 168 valence electrons. The van der Waals surface area contributed by atoms with Gasteiger partial charge in [0.2, 0.25) is 0 Å². The first-order chi connectivity index (χ1) is 15.0. The summed E-state index contributed by atoms with van der Waals surface area (Å²) in [7, 11) is 1.85. The summed E-state index contributed by atoms with van der Waals surface area (Å²) >= 11 is 0. The van der Waals surface area contributed by atoms with E-state index in [9.17, 15) is 10.1 Å². The minimum absolute atomic E-state index is 0.174. The van der Waals surface area contributed by atoms with Crippen LogP contribution in [0.1, 0.15) is 52.8 Å². The molecule has 0 fully saturated rings. The Bertz CT molecular complexity index is 1130. The van der Waals surface area contributed by atoms with E-state index in [1.165, 1.54) is 11.0 Å². The first kappa shape index (κ1) is 23.2. The van der Waals surface area contributed by atoms with Gasteiger partial charge in [-0.15, -0.1) is 5.10 Å². The van der Waals surface area contributed by atoms with Gasteiger partial charge in [-0.2, -0.15) is 20.3 Å². The van der Waals surface area contributed by atoms with E-state index in [-0.39, 0.29) is 11.3 Å².